The first-order valence-corrected chi connectivity index (χ1v) is 7.97. The number of nitrogens with one attached hydrogen (secondary N) is 3. The van der Waals surface area contributed by atoms with Crippen LogP contribution in [0.2, 0.25) is 0 Å². The van der Waals surface area contributed by atoms with Gasteiger partial charge in [0.05, 0.1) is 6.26 Å². The minimum absolute atomic E-state index is 0.135. The van der Waals surface area contributed by atoms with Gasteiger partial charge < -0.3 is 10.6 Å². The van der Waals surface area contributed by atoms with Gasteiger partial charge in [-0.1, -0.05) is 12.1 Å². The Hall–Kier alpha value is -1.67. The van der Waals surface area contributed by atoms with Gasteiger partial charge in [-0.15, -0.1) is 0 Å². The molecule has 8 heteroatoms. The summed E-state index contributed by atoms with van der Waals surface area (Å²) in [6.07, 6.45) is 1.57. The van der Waals surface area contributed by atoms with Crippen LogP contribution in [0.3, 0.4) is 0 Å². The molecule has 0 aliphatic rings. The maximum Gasteiger partial charge on any atom is 0.314 e. The van der Waals surface area contributed by atoms with Gasteiger partial charge in [0.15, 0.2) is 0 Å². The van der Waals surface area contributed by atoms with Crippen LogP contribution in [0.1, 0.15) is 5.56 Å². The van der Waals surface area contributed by atoms with Crippen LogP contribution in [-0.4, -0.2) is 40.3 Å². The third-order valence-corrected chi connectivity index (χ3v) is 3.09. The number of hydrogen-bond donors (Lipinski definition) is 3. The highest BCUT2D eigenvalue weighted by Gasteiger charge is 2.02. The number of amides is 2. The van der Waals surface area contributed by atoms with Gasteiger partial charge in [0, 0.05) is 19.6 Å². The van der Waals surface area contributed by atoms with Gasteiger partial charge in [0.2, 0.25) is 10.0 Å². The molecule has 0 bridgehead atoms. The zero-order valence-electron chi connectivity index (χ0n) is 11.1. The van der Waals surface area contributed by atoms with Crippen molar-refractivity contribution in [3.8, 4) is 0 Å². The predicted octanol–water partition coefficient (Wildman–Crippen LogP) is 0.217. The Labute approximate surface area is 117 Å². The van der Waals surface area contributed by atoms with Gasteiger partial charge >= 0.3 is 6.03 Å². The van der Waals surface area contributed by atoms with Crippen LogP contribution < -0.4 is 15.4 Å². The zero-order chi connectivity index (χ0) is 15.0. The van der Waals surface area contributed by atoms with E-state index in [1.807, 2.05) is 0 Å². The Morgan fingerprint density at radius 3 is 2.55 bits per heavy atom. The molecule has 0 aromatic heterocycles. The molecule has 0 saturated carbocycles. The molecule has 1 aromatic rings. The molecule has 0 saturated heterocycles. The van der Waals surface area contributed by atoms with Crippen molar-refractivity contribution in [2.75, 3.05) is 25.9 Å². The van der Waals surface area contributed by atoms with Crippen molar-refractivity contribution in [3.63, 3.8) is 0 Å². The summed E-state index contributed by atoms with van der Waals surface area (Å²) in [7, 11) is -3.24. The normalized spacial score (nSPS) is 11.1. The Bertz CT molecular complexity index is 549. The van der Waals surface area contributed by atoms with Gasteiger partial charge in [-0.2, -0.15) is 0 Å². The third-order valence-electron chi connectivity index (χ3n) is 2.36. The molecule has 0 aliphatic carbocycles. The van der Waals surface area contributed by atoms with Crippen LogP contribution in [-0.2, 0) is 16.4 Å². The van der Waals surface area contributed by atoms with Crippen molar-refractivity contribution < 1.29 is 17.6 Å². The van der Waals surface area contributed by atoms with Crippen molar-refractivity contribution in [1.82, 2.24) is 15.4 Å². The number of carbonyl (C=O) groups excluding carboxylic acids is 1. The van der Waals surface area contributed by atoms with Crippen LogP contribution in [0.15, 0.2) is 24.3 Å². The Balaban J connectivity index is 2.14. The van der Waals surface area contributed by atoms with Gasteiger partial charge in [0.25, 0.3) is 0 Å². The molecule has 3 N–H and O–H groups in total. The molecule has 1 aromatic carbocycles. The Morgan fingerprint density at radius 2 is 1.90 bits per heavy atom. The number of carbonyl (C=O) groups is 1. The van der Waals surface area contributed by atoms with Gasteiger partial charge in [-0.3, -0.25) is 0 Å². The third kappa shape index (κ3) is 7.70. The van der Waals surface area contributed by atoms with E-state index in [9.17, 15) is 17.6 Å². The average Bonchev–Trinajstić information content (AvgIpc) is 2.34. The first-order valence-electron chi connectivity index (χ1n) is 6.07. The Kier molecular flexibility index (Phi) is 6.40. The van der Waals surface area contributed by atoms with E-state index in [2.05, 4.69) is 15.4 Å². The van der Waals surface area contributed by atoms with E-state index < -0.39 is 16.1 Å². The number of hydrogen-bond acceptors (Lipinski definition) is 3. The van der Waals surface area contributed by atoms with Crippen LogP contribution in [0.4, 0.5) is 9.18 Å². The molecular formula is C12H18FN3O3S. The molecule has 1 rings (SSSR count). The van der Waals surface area contributed by atoms with Crippen LogP contribution >= 0.6 is 0 Å². The first-order chi connectivity index (χ1) is 9.37. The fourth-order valence-corrected chi connectivity index (χ4v) is 1.96. The largest absolute Gasteiger partial charge is 0.338 e. The van der Waals surface area contributed by atoms with Gasteiger partial charge in [-0.05, 0) is 24.1 Å². The highest BCUT2D eigenvalue weighted by molar-refractivity contribution is 7.88. The lowest BCUT2D eigenvalue weighted by Crippen LogP contribution is -2.40. The van der Waals surface area contributed by atoms with Crippen molar-refractivity contribution in [1.29, 1.82) is 0 Å². The number of benzene rings is 1. The second-order valence-electron chi connectivity index (χ2n) is 4.23. The maximum atomic E-state index is 12.9. The number of halogens is 1. The van der Waals surface area contributed by atoms with Crippen LogP contribution in [0.25, 0.3) is 0 Å². The van der Waals surface area contributed by atoms with E-state index in [-0.39, 0.29) is 18.9 Å². The van der Waals surface area contributed by atoms with Crippen LogP contribution in [0.5, 0.6) is 0 Å². The summed E-state index contributed by atoms with van der Waals surface area (Å²) >= 11 is 0. The average molecular weight is 303 g/mol. The fraction of sp³-hybridized carbons (Fsp3) is 0.417. The molecule has 0 atom stereocenters. The minimum Gasteiger partial charge on any atom is -0.338 e. The van der Waals surface area contributed by atoms with E-state index in [4.69, 9.17) is 0 Å². The smallest absolute Gasteiger partial charge is 0.314 e. The van der Waals surface area contributed by atoms with E-state index in [0.717, 1.165) is 11.8 Å². The molecule has 0 unspecified atom stereocenters. The number of urea groups is 1. The lowest BCUT2D eigenvalue weighted by Gasteiger charge is -2.08. The fourth-order valence-electron chi connectivity index (χ4n) is 1.49. The molecular weight excluding hydrogens is 285 g/mol. The summed E-state index contributed by atoms with van der Waals surface area (Å²) in [5.74, 6) is -0.307. The molecule has 0 spiro atoms. The minimum atomic E-state index is -3.24. The number of sulfonamides is 1. The molecule has 0 fully saturated rings. The molecule has 112 valence electrons. The van der Waals surface area contributed by atoms with E-state index in [0.29, 0.717) is 13.0 Å². The molecule has 20 heavy (non-hydrogen) atoms. The summed E-state index contributed by atoms with van der Waals surface area (Å²) < 4.78 is 36.7. The summed E-state index contributed by atoms with van der Waals surface area (Å²) in [4.78, 5) is 11.4. The lowest BCUT2D eigenvalue weighted by atomic mass is 10.1. The second-order valence-corrected chi connectivity index (χ2v) is 6.06. The van der Waals surface area contributed by atoms with Gasteiger partial charge in [0.1, 0.15) is 5.82 Å². The van der Waals surface area contributed by atoms with Crippen molar-refractivity contribution in [2.24, 2.45) is 0 Å². The lowest BCUT2D eigenvalue weighted by molar-refractivity contribution is 0.241. The second kappa shape index (κ2) is 7.81. The maximum absolute atomic E-state index is 12.9. The van der Waals surface area contributed by atoms with E-state index >= 15 is 0 Å². The number of rotatable bonds is 7. The zero-order valence-corrected chi connectivity index (χ0v) is 12.0. The van der Waals surface area contributed by atoms with E-state index in [1.165, 1.54) is 12.1 Å². The van der Waals surface area contributed by atoms with Crippen molar-refractivity contribution in [2.45, 2.75) is 6.42 Å². The SMILES string of the molecule is CS(=O)(=O)NCCNC(=O)NCCc1cccc(F)c1. The standard InChI is InChI=1S/C12H18FN3O3S/c1-20(18,19)16-8-7-15-12(17)14-6-5-10-3-2-4-11(13)9-10/h2-4,9,16H,5-8H2,1H3,(H2,14,15,17). The monoisotopic (exact) mass is 303 g/mol. The topological polar surface area (TPSA) is 87.3 Å². The van der Waals surface area contributed by atoms with Crippen LogP contribution in [0, 0.1) is 5.82 Å². The summed E-state index contributed by atoms with van der Waals surface area (Å²) in [5.41, 5.74) is 0.795. The highest BCUT2D eigenvalue weighted by atomic mass is 32.2. The van der Waals surface area contributed by atoms with E-state index in [1.54, 1.807) is 12.1 Å². The summed E-state index contributed by atoms with van der Waals surface area (Å²) in [6, 6.07) is 5.77. The first kappa shape index (κ1) is 16.4. The molecule has 2 amide bonds. The summed E-state index contributed by atoms with van der Waals surface area (Å²) in [5, 5.41) is 5.10. The predicted molar refractivity (Wildman–Crippen MR) is 74.4 cm³/mol. The Morgan fingerprint density at radius 1 is 1.20 bits per heavy atom. The highest BCUT2D eigenvalue weighted by Crippen LogP contribution is 2.03. The molecule has 0 radical (unpaired) electrons. The van der Waals surface area contributed by atoms with Crippen molar-refractivity contribution in [3.05, 3.63) is 35.6 Å². The van der Waals surface area contributed by atoms with Crippen molar-refractivity contribution >= 4 is 16.1 Å². The molecule has 0 heterocycles. The summed E-state index contributed by atoms with van der Waals surface area (Å²) in [6.45, 7) is 0.698. The van der Waals surface area contributed by atoms with Gasteiger partial charge in [-0.25, -0.2) is 22.3 Å². The molecule has 0 aliphatic heterocycles. The quantitative estimate of drug-likeness (QED) is 0.630. The molecule has 6 nitrogen and oxygen atoms in total.